The molecule has 4 nitrogen and oxygen atoms in total. The Morgan fingerprint density at radius 3 is 2.43 bits per heavy atom. The first kappa shape index (κ1) is 14.3. The van der Waals surface area contributed by atoms with Crippen LogP contribution in [0.3, 0.4) is 0 Å². The zero-order chi connectivity index (χ0) is 14.5. The van der Waals surface area contributed by atoms with Gasteiger partial charge in [-0.2, -0.15) is 4.98 Å². The van der Waals surface area contributed by atoms with Crippen molar-refractivity contribution < 1.29 is 4.52 Å². The van der Waals surface area contributed by atoms with Crippen LogP contribution in [0.15, 0.2) is 34.9 Å². The molecular formula is C17H23N3O. The minimum absolute atomic E-state index is 0.0988. The minimum atomic E-state index is -0.0988. The Balaban J connectivity index is 1.79. The fourth-order valence-corrected chi connectivity index (χ4v) is 3.23. The highest BCUT2D eigenvalue weighted by Gasteiger charge is 2.37. The number of hydrogen-bond donors (Lipinski definition) is 1. The molecule has 0 saturated heterocycles. The highest BCUT2D eigenvalue weighted by atomic mass is 16.5. The molecule has 1 saturated carbocycles. The summed E-state index contributed by atoms with van der Waals surface area (Å²) in [5, 5.41) is 4.17. The molecule has 1 fully saturated rings. The van der Waals surface area contributed by atoms with Crippen molar-refractivity contribution in [2.45, 2.75) is 50.4 Å². The summed E-state index contributed by atoms with van der Waals surface area (Å²) in [6.45, 7) is 0.597. The minimum Gasteiger partial charge on any atom is -0.339 e. The summed E-state index contributed by atoms with van der Waals surface area (Å²) in [7, 11) is 0. The van der Waals surface area contributed by atoms with Gasteiger partial charge in [0.2, 0.25) is 5.89 Å². The number of nitrogens with two attached hydrogens (primary N) is 1. The molecule has 0 unspecified atom stereocenters. The zero-order valence-corrected chi connectivity index (χ0v) is 12.4. The summed E-state index contributed by atoms with van der Waals surface area (Å²) in [6.07, 6.45) is 7.82. The lowest BCUT2D eigenvalue weighted by Gasteiger charge is -2.26. The van der Waals surface area contributed by atoms with Crippen molar-refractivity contribution in [3.05, 3.63) is 47.6 Å². The molecule has 0 atom stereocenters. The molecule has 112 valence electrons. The second kappa shape index (κ2) is 6.39. The average molecular weight is 285 g/mol. The van der Waals surface area contributed by atoms with Crippen LogP contribution in [0.1, 0.15) is 55.8 Å². The third-order valence-electron chi connectivity index (χ3n) is 4.58. The number of benzene rings is 1. The van der Waals surface area contributed by atoms with Gasteiger partial charge in [0.25, 0.3) is 0 Å². The molecule has 21 heavy (non-hydrogen) atoms. The Labute approximate surface area is 125 Å². The normalized spacial score (nSPS) is 18.3. The van der Waals surface area contributed by atoms with Crippen LogP contribution in [-0.4, -0.2) is 16.7 Å². The number of rotatable bonds is 4. The van der Waals surface area contributed by atoms with Gasteiger partial charge < -0.3 is 10.3 Å². The van der Waals surface area contributed by atoms with Gasteiger partial charge in [0.1, 0.15) is 0 Å². The van der Waals surface area contributed by atoms with Crippen LogP contribution in [0.25, 0.3) is 0 Å². The van der Waals surface area contributed by atoms with Gasteiger partial charge >= 0.3 is 0 Å². The smallest absolute Gasteiger partial charge is 0.234 e. The molecule has 2 N–H and O–H groups in total. The molecule has 4 heteroatoms. The van der Waals surface area contributed by atoms with Crippen LogP contribution in [0.5, 0.6) is 0 Å². The molecule has 0 amide bonds. The maximum Gasteiger partial charge on any atom is 0.234 e. The Hall–Kier alpha value is -1.68. The van der Waals surface area contributed by atoms with Crippen molar-refractivity contribution in [2.75, 3.05) is 6.54 Å². The highest BCUT2D eigenvalue weighted by molar-refractivity contribution is 5.19. The van der Waals surface area contributed by atoms with Crippen LogP contribution in [0.4, 0.5) is 0 Å². The van der Waals surface area contributed by atoms with E-state index in [0.717, 1.165) is 24.6 Å². The van der Waals surface area contributed by atoms with Crippen LogP contribution in [0.2, 0.25) is 0 Å². The van der Waals surface area contributed by atoms with Gasteiger partial charge in [-0.3, -0.25) is 0 Å². The predicted octanol–water partition coefficient (Wildman–Crippen LogP) is 3.21. The monoisotopic (exact) mass is 285 g/mol. The summed E-state index contributed by atoms with van der Waals surface area (Å²) in [5.41, 5.74) is 7.18. The van der Waals surface area contributed by atoms with E-state index in [9.17, 15) is 0 Å². The van der Waals surface area contributed by atoms with Crippen LogP contribution in [0, 0.1) is 0 Å². The largest absolute Gasteiger partial charge is 0.339 e. The fraction of sp³-hybridized carbons (Fsp3) is 0.529. The van der Waals surface area contributed by atoms with E-state index < -0.39 is 0 Å². The van der Waals surface area contributed by atoms with Gasteiger partial charge in [0.15, 0.2) is 5.82 Å². The Kier molecular flexibility index (Phi) is 4.34. The van der Waals surface area contributed by atoms with E-state index in [4.69, 9.17) is 10.3 Å². The van der Waals surface area contributed by atoms with E-state index in [0.29, 0.717) is 13.0 Å². The maximum absolute atomic E-state index is 6.07. The Bertz CT molecular complexity index is 556. The van der Waals surface area contributed by atoms with E-state index in [-0.39, 0.29) is 5.41 Å². The van der Waals surface area contributed by atoms with E-state index in [2.05, 4.69) is 22.3 Å². The molecule has 1 aliphatic rings. The first-order valence-electron chi connectivity index (χ1n) is 7.89. The Morgan fingerprint density at radius 2 is 1.76 bits per heavy atom. The molecule has 0 spiro atoms. The lowest BCUT2D eigenvalue weighted by Crippen LogP contribution is -2.35. The molecule has 1 heterocycles. The number of nitrogens with zero attached hydrogens (tertiary/aromatic N) is 2. The summed E-state index contributed by atoms with van der Waals surface area (Å²) in [5.74, 6) is 1.51. The molecule has 1 aromatic carbocycles. The summed E-state index contributed by atoms with van der Waals surface area (Å²) in [4.78, 5) is 4.66. The number of aromatic nitrogens is 2. The van der Waals surface area contributed by atoms with Crippen molar-refractivity contribution >= 4 is 0 Å². The van der Waals surface area contributed by atoms with Gasteiger partial charge in [-0.25, -0.2) is 0 Å². The summed E-state index contributed by atoms with van der Waals surface area (Å²) >= 11 is 0. The summed E-state index contributed by atoms with van der Waals surface area (Å²) < 4.78 is 5.59. The first-order chi connectivity index (χ1) is 10.3. The third kappa shape index (κ3) is 3.16. The lowest BCUT2D eigenvalue weighted by molar-refractivity contribution is 0.256. The summed E-state index contributed by atoms with van der Waals surface area (Å²) in [6, 6.07) is 10.2. The Morgan fingerprint density at radius 1 is 1.05 bits per heavy atom. The van der Waals surface area contributed by atoms with Gasteiger partial charge in [0.05, 0.1) is 5.41 Å². The fourth-order valence-electron chi connectivity index (χ4n) is 3.23. The van der Waals surface area contributed by atoms with Crippen molar-refractivity contribution in [2.24, 2.45) is 5.73 Å². The molecule has 0 bridgehead atoms. The van der Waals surface area contributed by atoms with E-state index in [1.807, 2.05) is 18.2 Å². The van der Waals surface area contributed by atoms with E-state index >= 15 is 0 Å². The second-order valence-electron chi connectivity index (χ2n) is 6.08. The second-order valence-corrected chi connectivity index (χ2v) is 6.08. The first-order valence-corrected chi connectivity index (χ1v) is 7.89. The molecule has 1 aromatic heterocycles. The SMILES string of the molecule is NCC1(c2nc(Cc3ccccc3)no2)CCCCCC1. The molecule has 1 aliphatic carbocycles. The molecule has 0 radical (unpaired) electrons. The van der Waals surface area contributed by atoms with Gasteiger partial charge in [-0.15, -0.1) is 0 Å². The van der Waals surface area contributed by atoms with Crippen LogP contribution < -0.4 is 5.73 Å². The molecular weight excluding hydrogens is 262 g/mol. The maximum atomic E-state index is 6.07. The quantitative estimate of drug-likeness (QED) is 0.876. The van der Waals surface area contributed by atoms with Crippen molar-refractivity contribution in [3.63, 3.8) is 0 Å². The topological polar surface area (TPSA) is 64.9 Å². The van der Waals surface area contributed by atoms with E-state index in [1.165, 1.54) is 31.2 Å². The van der Waals surface area contributed by atoms with Gasteiger partial charge in [-0.1, -0.05) is 61.2 Å². The van der Waals surface area contributed by atoms with Crippen LogP contribution in [-0.2, 0) is 11.8 Å². The van der Waals surface area contributed by atoms with Crippen molar-refractivity contribution in [3.8, 4) is 0 Å². The average Bonchev–Trinajstić information content (AvgIpc) is 2.85. The lowest BCUT2D eigenvalue weighted by atomic mass is 9.80. The standard InChI is InChI=1S/C17H23N3O/c18-13-17(10-6-1-2-7-11-17)16-19-15(20-21-16)12-14-8-4-3-5-9-14/h3-5,8-9H,1-2,6-7,10-13,18H2. The van der Waals surface area contributed by atoms with Crippen LogP contribution >= 0.6 is 0 Å². The molecule has 2 aromatic rings. The van der Waals surface area contributed by atoms with Crippen molar-refractivity contribution in [1.82, 2.24) is 10.1 Å². The van der Waals surface area contributed by atoms with Crippen molar-refractivity contribution in [1.29, 1.82) is 0 Å². The van der Waals surface area contributed by atoms with E-state index in [1.54, 1.807) is 0 Å². The van der Waals surface area contributed by atoms with Gasteiger partial charge in [-0.05, 0) is 18.4 Å². The highest BCUT2D eigenvalue weighted by Crippen LogP contribution is 2.36. The zero-order valence-electron chi connectivity index (χ0n) is 12.4. The molecule has 0 aliphatic heterocycles. The third-order valence-corrected chi connectivity index (χ3v) is 4.58. The number of hydrogen-bond acceptors (Lipinski definition) is 4. The molecule has 3 rings (SSSR count). The van der Waals surface area contributed by atoms with Gasteiger partial charge in [0, 0.05) is 13.0 Å². The predicted molar refractivity (Wildman–Crippen MR) is 82.0 cm³/mol.